The lowest BCUT2D eigenvalue weighted by molar-refractivity contribution is -0.0445. The van der Waals surface area contributed by atoms with Crippen LogP contribution in [0.25, 0.3) is 0 Å². The highest BCUT2D eigenvalue weighted by atomic mass is 32.2. The van der Waals surface area contributed by atoms with Gasteiger partial charge in [0.05, 0.1) is 24.4 Å². The highest BCUT2D eigenvalue weighted by molar-refractivity contribution is 7.87. The van der Waals surface area contributed by atoms with E-state index in [1.807, 2.05) is 13.8 Å². The molecule has 1 saturated heterocycles. The van der Waals surface area contributed by atoms with Crippen molar-refractivity contribution in [3.63, 3.8) is 0 Å². The fourth-order valence-corrected chi connectivity index (χ4v) is 3.87. The molecular formula is C10H20N2O4S. The maximum atomic E-state index is 12.1. The molecule has 2 N–H and O–H groups in total. The second-order valence-electron chi connectivity index (χ2n) is 5.12. The topological polar surface area (TPSA) is 78.9 Å². The average molecular weight is 264 g/mol. The molecule has 2 rings (SSSR count). The summed E-state index contributed by atoms with van der Waals surface area (Å²) in [5.41, 5.74) is -0.608. The van der Waals surface area contributed by atoms with Gasteiger partial charge in [-0.25, -0.2) is 0 Å². The Kier molecular flexibility index (Phi) is 3.48. The molecule has 2 fully saturated rings. The lowest BCUT2D eigenvalue weighted by Crippen LogP contribution is -2.54. The Hall–Kier alpha value is -0.210. The molecule has 0 spiro atoms. The Morgan fingerprint density at radius 3 is 2.29 bits per heavy atom. The van der Waals surface area contributed by atoms with Crippen molar-refractivity contribution in [2.45, 2.75) is 44.4 Å². The van der Waals surface area contributed by atoms with E-state index in [-0.39, 0.29) is 18.8 Å². The van der Waals surface area contributed by atoms with E-state index in [0.717, 1.165) is 0 Å². The van der Waals surface area contributed by atoms with Crippen molar-refractivity contribution in [1.82, 2.24) is 9.03 Å². The van der Waals surface area contributed by atoms with Gasteiger partial charge in [-0.3, -0.25) is 0 Å². The molecule has 100 valence electrons. The predicted molar refractivity (Wildman–Crippen MR) is 62.7 cm³/mol. The number of hydrogen-bond donors (Lipinski definition) is 2. The summed E-state index contributed by atoms with van der Waals surface area (Å²) in [6, 6.07) is 0. The van der Waals surface area contributed by atoms with E-state index in [1.165, 1.54) is 4.31 Å². The van der Waals surface area contributed by atoms with Gasteiger partial charge in [0.2, 0.25) is 0 Å². The van der Waals surface area contributed by atoms with E-state index in [0.29, 0.717) is 25.9 Å². The molecule has 0 aromatic rings. The molecule has 1 aliphatic heterocycles. The summed E-state index contributed by atoms with van der Waals surface area (Å²) < 4.78 is 33.8. The van der Waals surface area contributed by atoms with Gasteiger partial charge in [-0.1, -0.05) is 0 Å². The smallest absolute Gasteiger partial charge is 0.280 e. The molecule has 2 aliphatic rings. The van der Waals surface area contributed by atoms with Crippen molar-refractivity contribution < 1.29 is 18.3 Å². The molecular weight excluding hydrogens is 244 g/mol. The highest BCUT2D eigenvalue weighted by Crippen LogP contribution is 2.35. The van der Waals surface area contributed by atoms with Crippen LogP contribution in [0.2, 0.25) is 0 Å². The predicted octanol–water partition coefficient (Wildman–Crippen LogP) is -0.545. The van der Waals surface area contributed by atoms with Gasteiger partial charge >= 0.3 is 0 Å². The molecule has 7 heteroatoms. The van der Waals surface area contributed by atoms with E-state index < -0.39 is 15.7 Å². The maximum Gasteiger partial charge on any atom is 0.280 e. The van der Waals surface area contributed by atoms with Crippen molar-refractivity contribution in [2.24, 2.45) is 0 Å². The number of ether oxygens (including phenoxy) is 1. The Bertz CT molecular complexity index is 370. The molecule has 2 atom stereocenters. The zero-order valence-electron chi connectivity index (χ0n) is 10.2. The minimum atomic E-state index is -3.51. The van der Waals surface area contributed by atoms with Crippen LogP contribution in [0.5, 0.6) is 0 Å². The summed E-state index contributed by atoms with van der Waals surface area (Å²) in [5.74, 6) is 0. The van der Waals surface area contributed by atoms with Crippen molar-refractivity contribution in [2.75, 3.05) is 19.7 Å². The number of aliphatic hydroxyl groups is 1. The van der Waals surface area contributed by atoms with Crippen molar-refractivity contribution in [1.29, 1.82) is 0 Å². The highest BCUT2D eigenvalue weighted by Gasteiger charge is 2.47. The van der Waals surface area contributed by atoms with E-state index in [2.05, 4.69) is 4.72 Å². The van der Waals surface area contributed by atoms with Gasteiger partial charge in [-0.15, -0.1) is 0 Å². The number of hydrogen-bond acceptors (Lipinski definition) is 4. The molecule has 1 saturated carbocycles. The molecule has 0 amide bonds. The van der Waals surface area contributed by atoms with Crippen LogP contribution in [0.15, 0.2) is 0 Å². The fraction of sp³-hybridized carbons (Fsp3) is 1.00. The standard InChI is InChI=1S/C10H20N2O4S/c1-8-5-12(6-9(2)16-8)17(14,15)11-10(7-13)3-4-10/h8-9,11,13H,3-7H2,1-2H3. The first-order valence-corrected chi connectivity index (χ1v) is 7.36. The first kappa shape index (κ1) is 13.2. The van der Waals surface area contributed by atoms with Crippen LogP contribution in [-0.4, -0.2) is 55.3 Å². The Labute approximate surface area is 102 Å². The van der Waals surface area contributed by atoms with Gasteiger partial charge in [-0.05, 0) is 26.7 Å². The molecule has 1 heterocycles. The zero-order valence-corrected chi connectivity index (χ0v) is 11.0. The van der Waals surface area contributed by atoms with Crippen LogP contribution in [0.1, 0.15) is 26.7 Å². The molecule has 0 aromatic carbocycles. The summed E-state index contributed by atoms with van der Waals surface area (Å²) in [6.45, 7) is 4.30. The Morgan fingerprint density at radius 2 is 1.88 bits per heavy atom. The van der Waals surface area contributed by atoms with Crippen LogP contribution >= 0.6 is 0 Å². The van der Waals surface area contributed by atoms with E-state index in [1.54, 1.807) is 0 Å². The lowest BCUT2D eigenvalue weighted by Gasteiger charge is -2.35. The summed E-state index contributed by atoms with van der Waals surface area (Å²) in [6.07, 6.45) is 1.22. The van der Waals surface area contributed by atoms with E-state index in [4.69, 9.17) is 9.84 Å². The normalized spacial score (nSPS) is 33.6. The van der Waals surface area contributed by atoms with Gasteiger partial charge in [0, 0.05) is 13.1 Å². The monoisotopic (exact) mass is 264 g/mol. The SMILES string of the molecule is CC1CN(S(=O)(=O)NC2(CO)CC2)CC(C)O1. The largest absolute Gasteiger partial charge is 0.394 e. The summed E-state index contributed by atoms with van der Waals surface area (Å²) in [4.78, 5) is 0. The molecule has 17 heavy (non-hydrogen) atoms. The molecule has 1 aliphatic carbocycles. The Morgan fingerprint density at radius 1 is 1.35 bits per heavy atom. The van der Waals surface area contributed by atoms with Crippen LogP contribution < -0.4 is 4.72 Å². The van der Waals surface area contributed by atoms with Crippen LogP contribution in [-0.2, 0) is 14.9 Å². The quantitative estimate of drug-likeness (QED) is 0.714. The number of rotatable bonds is 4. The number of nitrogens with one attached hydrogen (secondary N) is 1. The third kappa shape index (κ3) is 2.97. The third-order valence-electron chi connectivity index (χ3n) is 3.23. The van der Waals surface area contributed by atoms with Crippen LogP contribution in [0.3, 0.4) is 0 Å². The number of morpholine rings is 1. The van der Waals surface area contributed by atoms with Gasteiger partial charge in [0.25, 0.3) is 10.2 Å². The van der Waals surface area contributed by atoms with Crippen LogP contribution in [0.4, 0.5) is 0 Å². The molecule has 0 radical (unpaired) electrons. The third-order valence-corrected chi connectivity index (χ3v) is 4.90. The minimum Gasteiger partial charge on any atom is -0.394 e. The van der Waals surface area contributed by atoms with Gasteiger partial charge in [-0.2, -0.15) is 17.4 Å². The number of nitrogens with zero attached hydrogens (tertiary/aromatic N) is 1. The summed E-state index contributed by atoms with van der Waals surface area (Å²) in [7, 11) is -3.51. The molecule has 2 unspecified atom stereocenters. The first-order valence-electron chi connectivity index (χ1n) is 5.92. The van der Waals surface area contributed by atoms with Crippen LogP contribution in [0, 0.1) is 0 Å². The zero-order chi connectivity index (χ0) is 12.7. The fourth-order valence-electron chi connectivity index (χ4n) is 2.11. The van der Waals surface area contributed by atoms with Crippen molar-refractivity contribution in [3.8, 4) is 0 Å². The van der Waals surface area contributed by atoms with Crippen molar-refractivity contribution in [3.05, 3.63) is 0 Å². The lowest BCUT2D eigenvalue weighted by atomic mass is 10.3. The van der Waals surface area contributed by atoms with E-state index >= 15 is 0 Å². The average Bonchev–Trinajstić information content (AvgIpc) is 2.96. The summed E-state index contributed by atoms with van der Waals surface area (Å²) >= 11 is 0. The maximum absolute atomic E-state index is 12.1. The number of aliphatic hydroxyl groups excluding tert-OH is 1. The van der Waals surface area contributed by atoms with Gasteiger partial charge in [0.15, 0.2) is 0 Å². The minimum absolute atomic E-state index is 0.0976. The van der Waals surface area contributed by atoms with Crippen molar-refractivity contribution >= 4 is 10.2 Å². The summed E-state index contributed by atoms with van der Waals surface area (Å²) in [5, 5.41) is 9.15. The Balaban J connectivity index is 2.04. The second-order valence-corrected chi connectivity index (χ2v) is 6.79. The molecule has 6 nitrogen and oxygen atoms in total. The molecule has 0 aromatic heterocycles. The first-order chi connectivity index (χ1) is 7.87. The molecule has 0 bridgehead atoms. The van der Waals surface area contributed by atoms with E-state index in [9.17, 15) is 8.42 Å². The van der Waals surface area contributed by atoms with Gasteiger partial charge < -0.3 is 9.84 Å². The second kappa shape index (κ2) is 4.47. The van der Waals surface area contributed by atoms with Gasteiger partial charge in [0.1, 0.15) is 0 Å².